The van der Waals surface area contributed by atoms with E-state index in [0.29, 0.717) is 5.82 Å². The van der Waals surface area contributed by atoms with E-state index in [1.807, 2.05) is 30.3 Å². The molecule has 1 aromatic heterocycles. The molecule has 0 radical (unpaired) electrons. The van der Waals surface area contributed by atoms with Gasteiger partial charge in [0.2, 0.25) is 5.95 Å². The molecule has 4 rings (SSSR count). The molecule has 0 spiro atoms. The van der Waals surface area contributed by atoms with Gasteiger partial charge in [0.1, 0.15) is 11.6 Å². The van der Waals surface area contributed by atoms with E-state index in [2.05, 4.69) is 25.7 Å². The summed E-state index contributed by atoms with van der Waals surface area (Å²) in [4.78, 5) is 8.57. The Morgan fingerprint density at radius 3 is 2.69 bits per heavy atom. The van der Waals surface area contributed by atoms with Crippen LogP contribution < -0.4 is 16.5 Å². The van der Waals surface area contributed by atoms with Crippen LogP contribution in [-0.2, 0) is 0 Å². The topological polar surface area (TPSA) is 79.1 Å². The van der Waals surface area contributed by atoms with E-state index in [1.54, 1.807) is 12.3 Å². The third kappa shape index (κ3) is 4.88. The van der Waals surface area contributed by atoms with Gasteiger partial charge in [0.05, 0.1) is 0 Å². The molecule has 0 bridgehead atoms. The van der Waals surface area contributed by atoms with Gasteiger partial charge in [-0.2, -0.15) is 4.98 Å². The van der Waals surface area contributed by atoms with Crippen molar-refractivity contribution in [3.63, 3.8) is 0 Å². The standard InChI is InChI=1S/C22H25FN6/c23-19-8-2-6-17(14-19)16-5-1-7-18(13-16)20-15-26-22(24)28-21(20)25-9-3-11-29-12-4-10-27-29/h1-2,5-8,13-15,27H,3-4,9-12H2,(H3,24,25,26,28). The molecule has 1 fully saturated rings. The Labute approximate surface area is 170 Å². The second-order valence-electron chi connectivity index (χ2n) is 7.11. The highest BCUT2D eigenvalue weighted by Gasteiger charge is 2.12. The highest BCUT2D eigenvalue weighted by atomic mass is 19.1. The molecular formula is C22H25FN6. The van der Waals surface area contributed by atoms with Crippen molar-refractivity contribution in [2.24, 2.45) is 0 Å². The summed E-state index contributed by atoms with van der Waals surface area (Å²) >= 11 is 0. The third-order valence-corrected chi connectivity index (χ3v) is 4.98. The first-order valence-electron chi connectivity index (χ1n) is 9.90. The van der Waals surface area contributed by atoms with E-state index < -0.39 is 0 Å². The van der Waals surface area contributed by atoms with Crippen molar-refractivity contribution in [3.8, 4) is 22.3 Å². The number of rotatable bonds is 7. The second-order valence-corrected chi connectivity index (χ2v) is 7.11. The van der Waals surface area contributed by atoms with E-state index >= 15 is 0 Å². The van der Waals surface area contributed by atoms with Crippen LogP contribution in [0.15, 0.2) is 54.7 Å². The Bertz CT molecular complexity index is 971. The minimum atomic E-state index is -0.251. The molecule has 150 valence electrons. The molecule has 1 aliphatic rings. The normalized spacial score (nSPS) is 14.2. The summed E-state index contributed by atoms with van der Waals surface area (Å²) in [6, 6.07) is 14.5. The number of hydrogen-bond acceptors (Lipinski definition) is 6. The first-order chi connectivity index (χ1) is 14.2. The molecule has 2 heterocycles. The summed E-state index contributed by atoms with van der Waals surface area (Å²) in [5.41, 5.74) is 12.8. The van der Waals surface area contributed by atoms with Gasteiger partial charge in [-0.05, 0) is 47.7 Å². The monoisotopic (exact) mass is 392 g/mol. The number of nitrogens with two attached hydrogens (primary N) is 1. The summed E-state index contributed by atoms with van der Waals surface area (Å²) < 4.78 is 13.6. The fourth-order valence-electron chi connectivity index (χ4n) is 3.53. The van der Waals surface area contributed by atoms with E-state index in [1.165, 1.54) is 18.6 Å². The number of nitrogen functional groups attached to an aromatic ring is 1. The number of nitrogens with one attached hydrogen (secondary N) is 2. The number of hydrazine groups is 1. The fraction of sp³-hybridized carbons (Fsp3) is 0.273. The van der Waals surface area contributed by atoms with Gasteiger partial charge >= 0.3 is 0 Å². The molecule has 1 aliphatic heterocycles. The summed E-state index contributed by atoms with van der Waals surface area (Å²) in [7, 11) is 0. The van der Waals surface area contributed by atoms with Gasteiger partial charge in [-0.3, -0.25) is 5.43 Å². The van der Waals surface area contributed by atoms with Crippen LogP contribution in [0.5, 0.6) is 0 Å². The van der Waals surface area contributed by atoms with Gasteiger partial charge in [0.25, 0.3) is 0 Å². The Balaban J connectivity index is 1.52. The molecule has 1 saturated heterocycles. The molecule has 0 saturated carbocycles. The van der Waals surface area contributed by atoms with Crippen LogP contribution in [0, 0.1) is 5.82 Å². The lowest BCUT2D eigenvalue weighted by atomic mass is 10.00. The predicted octanol–water partition coefficient (Wildman–Crippen LogP) is 3.54. The molecule has 2 aromatic carbocycles. The Morgan fingerprint density at radius 2 is 1.90 bits per heavy atom. The lowest BCUT2D eigenvalue weighted by Crippen LogP contribution is -2.32. The molecule has 4 N–H and O–H groups in total. The second kappa shape index (κ2) is 8.98. The SMILES string of the molecule is Nc1ncc(-c2cccc(-c3cccc(F)c3)c2)c(NCCCN2CCCN2)n1. The van der Waals surface area contributed by atoms with Crippen molar-refractivity contribution in [2.45, 2.75) is 12.8 Å². The molecule has 3 aromatic rings. The van der Waals surface area contributed by atoms with Crippen LogP contribution in [0.2, 0.25) is 0 Å². The quantitative estimate of drug-likeness (QED) is 0.534. The average Bonchev–Trinajstić information content (AvgIpc) is 3.25. The van der Waals surface area contributed by atoms with E-state index in [-0.39, 0.29) is 11.8 Å². The molecule has 7 heteroatoms. The van der Waals surface area contributed by atoms with Crippen molar-refractivity contribution in [1.29, 1.82) is 0 Å². The Hall–Kier alpha value is -3.03. The maximum atomic E-state index is 13.6. The van der Waals surface area contributed by atoms with E-state index in [9.17, 15) is 4.39 Å². The zero-order valence-corrected chi connectivity index (χ0v) is 16.2. The van der Waals surface area contributed by atoms with Gasteiger partial charge in [0, 0.05) is 37.9 Å². The average molecular weight is 392 g/mol. The van der Waals surface area contributed by atoms with Crippen LogP contribution in [0.4, 0.5) is 16.2 Å². The smallest absolute Gasteiger partial charge is 0.221 e. The maximum Gasteiger partial charge on any atom is 0.221 e. The predicted molar refractivity (Wildman–Crippen MR) is 115 cm³/mol. The molecule has 0 unspecified atom stereocenters. The summed E-state index contributed by atoms with van der Waals surface area (Å²) in [6.45, 7) is 3.92. The Morgan fingerprint density at radius 1 is 1.10 bits per heavy atom. The van der Waals surface area contributed by atoms with Gasteiger partial charge in [0.15, 0.2) is 0 Å². The van der Waals surface area contributed by atoms with Crippen molar-refractivity contribution in [3.05, 3.63) is 60.5 Å². The number of aromatic nitrogens is 2. The lowest BCUT2D eigenvalue weighted by Gasteiger charge is -2.16. The first-order valence-corrected chi connectivity index (χ1v) is 9.90. The maximum absolute atomic E-state index is 13.6. The number of halogens is 1. The minimum Gasteiger partial charge on any atom is -0.369 e. The van der Waals surface area contributed by atoms with E-state index in [0.717, 1.165) is 54.9 Å². The number of nitrogens with zero attached hydrogens (tertiary/aromatic N) is 3. The van der Waals surface area contributed by atoms with E-state index in [4.69, 9.17) is 5.73 Å². The highest BCUT2D eigenvalue weighted by molar-refractivity contribution is 5.79. The zero-order valence-electron chi connectivity index (χ0n) is 16.2. The van der Waals surface area contributed by atoms with Gasteiger partial charge in [-0.15, -0.1) is 0 Å². The Kier molecular flexibility index (Phi) is 5.97. The van der Waals surface area contributed by atoms with Crippen LogP contribution in [0.25, 0.3) is 22.3 Å². The lowest BCUT2D eigenvalue weighted by molar-refractivity contribution is 0.253. The van der Waals surface area contributed by atoms with Gasteiger partial charge < -0.3 is 11.1 Å². The van der Waals surface area contributed by atoms with Crippen LogP contribution in [-0.4, -0.2) is 41.2 Å². The highest BCUT2D eigenvalue weighted by Crippen LogP contribution is 2.30. The molecular weight excluding hydrogens is 367 g/mol. The van der Waals surface area contributed by atoms with Crippen molar-refractivity contribution >= 4 is 11.8 Å². The summed E-state index contributed by atoms with van der Waals surface area (Å²) in [5.74, 6) is 0.695. The largest absolute Gasteiger partial charge is 0.369 e. The molecule has 0 aliphatic carbocycles. The fourth-order valence-corrected chi connectivity index (χ4v) is 3.53. The third-order valence-electron chi connectivity index (χ3n) is 4.98. The van der Waals surface area contributed by atoms with Crippen molar-refractivity contribution in [1.82, 2.24) is 20.4 Å². The molecule has 6 nitrogen and oxygen atoms in total. The number of benzene rings is 2. The zero-order chi connectivity index (χ0) is 20.1. The first kappa shape index (κ1) is 19.3. The van der Waals surface area contributed by atoms with Crippen LogP contribution in [0.1, 0.15) is 12.8 Å². The number of anilines is 2. The molecule has 29 heavy (non-hydrogen) atoms. The summed E-state index contributed by atoms with van der Waals surface area (Å²) in [6.07, 6.45) is 3.92. The minimum absolute atomic E-state index is 0.235. The van der Waals surface area contributed by atoms with Crippen molar-refractivity contribution < 1.29 is 4.39 Å². The summed E-state index contributed by atoms with van der Waals surface area (Å²) in [5, 5.41) is 5.65. The van der Waals surface area contributed by atoms with Crippen molar-refractivity contribution in [2.75, 3.05) is 37.2 Å². The number of hydrogen-bond donors (Lipinski definition) is 3. The molecule has 0 amide bonds. The van der Waals surface area contributed by atoms with Crippen LogP contribution in [0.3, 0.4) is 0 Å². The molecule has 0 atom stereocenters. The van der Waals surface area contributed by atoms with Gasteiger partial charge in [-0.25, -0.2) is 14.4 Å². The van der Waals surface area contributed by atoms with Gasteiger partial charge in [-0.1, -0.05) is 30.3 Å². The van der Waals surface area contributed by atoms with Crippen LogP contribution >= 0.6 is 0 Å².